The van der Waals surface area contributed by atoms with Gasteiger partial charge in [-0.25, -0.2) is 0 Å². The zero-order chi connectivity index (χ0) is 24.1. The first-order chi connectivity index (χ1) is 15.7. The van der Waals surface area contributed by atoms with Crippen molar-refractivity contribution in [2.75, 3.05) is 12.3 Å². The molecular weight excluding hydrogens is 456 g/mol. The van der Waals surface area contributed by atoms with Crippen LogP contribution >= 0.6 is 22.7 Å². The maximum absolute atomic E-state index is 12.2. The summed E-state index contributed by atoms with van der Waals surface area (Å²) in [6.45, 7) is 9.10. The van der Waals surface area contributed by atoms with Gasteiger partial charge in [-0.05, 0) is 73.2 Å². The van der Waals surface area contributed by atoms with Crippen LogP contribution in [0.2, 0.25) is 0 Å². The lowest BCUT2D eigenvalue weighted by molar-refractivity contribution is -0.136. The lowest BCUT2D eigenvalue weighted by atomic mass is 9.87. The second kappa shape index (κ2) is 10.9. The molecule has 0 aliphatic rings. The molecule has 3 rings (SSSR count). The number of aryl methyl sites for hydroxylation is 1. The molecule has 8 heteroatoms. The van der Waals surface area contributed by atoms with Crippen molar-refractivity contribution in [2.24, 2.45) is 0 Å². The zero-order valence-corrected chi connectivity index (χ0v) is 21.0. The van der Waals surface area contributed by atoms with E-state index in [2.05, 4.69) is 45.1 Å². The van der Waals surface area contributed by atoms with Gasteiger partial charge >= 0.3 is 5.97 Å². The Bertz CT molecular complexity index is 1150. The number of aliphatic carboxylic acids is 1. The van der Waals surface area contributed by atoms with Crippen molar-refractivity contribution in [1.29, 1.82) is 0 Å². The predicted molar refractivity (Wildman–Crippen MR) is 136 cm³/mol. The van der Waals surface area contributed by atoms with Gasteiger partial charge in [0.25, 0.3) is 5.91 Å². The summed E-state index contributed by atoms with van der Waals surface area (Å²) >= 11 is 2.95. The maximum Gasteiger partial charge on any atom is 0.305 e. The molecule has 1 atom stereocenters. The number of hydrogen-bond acceptors (Lipinski definition) is 6. The second-order valence-electron chi connectivity index (χ2n) is 8.07. The molecule has 4 N–H and O–H groups in total. The standard InChI is InChI=1S/C25H30N2O4S2/c1-5-14(2)23-16(4)24(19-8-9-21(26)33-19)15(3)12-18(23)31-13-17-6-7-20(32-17)25(30)27-11-10-22(28)29/h6-9,12,14H,5,10-11,13,26H2,1-4H3,(H,27,30)(H,28,29). The Morgan fingerprint density at radius 1 is 1.18 bits per heavy atom. The van der Waals surface area contributed by atoms with Crippen LogP contribution in [0.5, 0.6) is 5.75 Å². The van der Waals surface area contributed by atoms with E-state index in [9.17, 15) is 9.59 Å². The molecule has 3 aromatic rings. The molecular formula is C25H30N2O4S2. The summed E-state index contributed by atoms with van der Waals surface area (Å²) < 4.78 is 6.29. The van der Waals surface area contributed by atoms with Gasteiger partial charge in [0.2, 0.25) is 0 Å². The number of benzene rings is 1. The first kappa shape index (κ1) is 24.8. The molecule has 0 saturated carbocycles. The molecule has 1 amide bonds. The number of rotatable bonds is 10. The molecule has 33 heavy (non-hydrogen) atoms. The van der Waals surface area contributed by atoms with Gasteiger partial charge < -0.3 is 20.9 Å². The fraction of sp³-hybridized carbons (Fsp3) is 0.360. The normalized spacial score (nSPS) is 11.9. The highest BCUT2D eigenvalue weighted by molar-refractivity contribution is 7.19. The van der Waals surface area contributed by atoms with Crippen molar-refractivity contribution in [3.05, 3.63) is 56.8 Å². The van der Waals surface area contributed by atoms with E-state index in [0.29, 0.717) is 17.4 Å². The number of carbonyl (C=O) groups excluding carboxylic acids is 1. The van der Waals surface area contributed by atoms with Crippen LogP contribution in [0.3, 0.4) is 0 Å². The van der Waals surface area contributed by atoms with Crippen LogP contribution in [0.1, 0.15) is 63.8 Å². The number of nitrogens with two attached hydrogens (primary N) is 1. The zero-order valence-electron chi connectivity index (χ0n) is 19.4. The van der Waals surface area contributed by atoms with E-state index >= 15 is 0 Å². The van der Waals surface area contributed by atoms with Gasteiger partial charge in [-0.1, -0.05) is 13.8 Å². The molecule has 6 nitrogen and oxygen atoms in total. The molecule has 2 aromatic heterocycles. The Labute approximate surface area is 202 Å². The number of carbonyl (C=O) groups is 2. The van der Waals surface area contributed by atoms with E-state index in [1.54, 1.807) is 17.4 Å². The third-order valence-electron chi connectivity index (χ3n) is 5.64. The van der Waals surface area contributed by atoms with E-state index in [1.807, 2.05) is 12.1 Å². The molecule has 0 aliphatic heterocycles. The highest BCUT2D eigenvalue weighted by Crippen LogP contribution is 2.42. The summed E-state index contributed by atoms with van der Waals surface area (Å²) in [5.74, 6) is -0.00468. The van der Waals surface area contributed by atoms with E-state index in [-0.39, 0.29) is 18.9 Å². The Balaban J connectivity index is 1.80. The quantitative estimate of drug-likeness (QED) is 0.328. The molecule has 0 saturated heterocycles. The molecule has 176 valence electrons. The molecule has 0 bridgehead atoms. The first-order valence-corrected chi connectivity index (χ1v) is 12.6. The Morgan fingerprint density at radius 2 is 1.94 bits per heavy atom. The average Bonchev–Trinajstić information content (AvgIpc) is 3.40. The number of anilines is 1. The van der Waals surface area contributed by atoms with E-state index in [0.717, 1.165) is 32.5 Å². The maximum atomic E-state index is 12.2. The van der Waals surface area contributed by atoms with Crippen molar-refractivity contribution in [3.8, 4) is 16.2 Å². The Hall–Kier alpha value is -2.84. The number of thiophene rings is 2. The lowest BCUT2D eigenvalue weighted by Crippen LogP contribution is -2.25. The van der Waals surface area contributed by atoms with Crippen LogP contribution in [-0.2, 0) is 11.4 Å². The highest BCUT2D eigenvalue weighted by atomic mass is 32.1. The van der Waals surface area contributed by atoms with Crippen molar-refractivity contribution in [2.45, 2.75) is 53.1 Å². The summed E-state index contributed by atoms with van der Waals surface area (Å²) in [5.41, 5.74) is 10.8. The number of carboxylic acid groups (broad SMARTS) is 1. The second-order valence-corrected chi connectivity index (χ2v) is 10.4. The average molecular weight is 487 g/mol. The van der Waals surface area contributed by atoms with Crippen LogP contribution in [0.4, 0.5) is 5.00 Å². The highest BCUT2D eigenvalue weighted by Gasteiger charge is 2.20. The number of ether oxygens (including phenoxy) is 1. The first-order valence-electron chi connectivity index (χ1n) is 10.9. The third kappa shape index (κ3) is 5.94. The van der Waals surface area contributed by atoms with Crippen LogP contribution in [0.25, 0.3) is 10.4 Å². The molecule has 2 heterocycles. The third-order valence-corrected chi connectivity index (χ3v) is 7.63. The fourth-order valence-corrected chi connectivity index (χ4v) is 5.64. The van der Waals surface area contributed by atoms with Crippen molar-refractivity contribution in [1.82, 2.24) is 5.32 Å². The minimum absolute atomic E-state index is 0.0990. The van der Waals surface area contributed by atoms with Gasteiger partial charge in [-0.3, -0.25) is 9.59 Å². The Morgan fingerprint density at radius 3 is 2.58 bits per heavy atom. The van der Waals surface area contributed by atoms with Crippen molar-refractivity contribution < 1.29 is 19.4 Å². The molecule has 1 aromatic carbocycles. The van der Waals surface area contributed by atoms with Crippen LogP contribution in [-0.4, -0.2) is 23.5 Å². The fourth-order valence-electron chi connectivity index (χ4n) is 3.86. The summed E-state index contributed by atoms with van der Waals surface area (Å²) in [7, 11) is 0. The van der Waals surface area contributed by atoms with E-state index < -0.39 is 5.97 Å². The Kier molecular flexibility index (Phi) is 8.15. The van der Waals surface area contributed by atoms with Gasteiger partial charge in [0.15, 0.2) is 0 Å². The molecule has 0 aliphatic carbocycles. The van der Waals surface area contributed by atoms with Crippen molar-refractivity contribution >= 4 is 39.6 Å². The van der Waals surface area contributed by atoms with Crippen molar-refractivity contribution in [3.63, 3.8) is 0 Å². The number of amides is 1. The van der Waals surface area contributed by atoms with E-state index in [1.165, 1.54) is 28.0 Å². The minimum Gasteiger partial charge on any atom is -0.488 e. The largest absolute Gasteiger partial charge is 0.488 e. The van der Waals surface area contributed by atoms with E-state index in [4.69, 9.17) is 15.6 Å². The number of carboxylic acids is 1. The van der Waals surface area contributed by atoms with Crippen LogP contribution < -0.4 is 15.8 Å². The number of nitrogen functional groups attached to an aromatic ring is 1. The predicted octanol–water partition coefficient (Wildman–Crippen LogP) is 5.97. The lowest BCUT2D eigenvalue weighted by Gasteiger charge is -2.22. The van der Waals surface area contributed by atoms with Crippen LogP contribution in [0, 0.1) is 13.8 Å². The monoisotopic (exact) mass is 486 g/mol. The summed E-state index contributed by atoms with van der Waals surface area (Å²) in [6, 6.07) is 9.74. The van der Waals surface area contributed by atoms with Gasteiger partial charge in [0.05, 0.1) is 16.3 Å². The summed E-state index contributed by atoms with van der Waals surface area (Å²) in [6.07, 6.45) is 0.893. The van der Waals surface area contributed by atoms with Gasteiger partial charge in [-0.15, -0.1) is 22.7 Å². The summed E-state index contributed by atoms with van der Waals surface area (Å²) in [4.78, 5) is 25.5. The SMILES string of the molecule is CCC(C)c1c(OCc2ccc(C(=O)NCCC(=O)O)s2)cc(C)c(-c2ccc(N)s2)c1C. The topological polar surface area (TPSA) is 102 Å². The number of hydrogen-bond donors (Lipinski definition) is 3. The summed E-state index contributed by atoms with van der Waals surface area (Å²) in [5, 5.41) is 12.1. The minimum atomic E-state index is -0.938. The van der Waals surface area contributed by atoms with Gasteiger partial charge in [0.1, 0.15) is 12.4 Å². The van der Waals surface area contributed by atoms with Gasteiger partial charge in [-0.2, -0.15) is 0 Å². The smallest absolute Gasteiger partial charge is 0.305 e. The van der Waals surface area contributed by atoms with Gasteiger partial charge in [0, 0.05) is 21.9 Å². The molecule has 0 radical (unpaired) electrons. The van der Waals surface area contributed by atoms with Crippen LogP contribution in [0.15, 0.2) is 30.3 Å². The number of nitrogens with one attached hydrogen (secondary N) is 1. The molecule has 1 unspecified atom stereocenters. The molecule has 0 fully saturated rings. The molecule has 0 spiro atoms.